The third kappa shape index (κ3) is 2.58. The van der Waals surface area contributed by atoms with E-state index in [0.29, 0.717) is 0 Å². The Balaban J connectivity index is 2.29. The number of hydrogen-bond acceptors (Lipinski definition) is 6. The first-order chi connectivity index (χ1) is 8.94. The zero-order valence-corrected chi connectivity index (χ0v) is 11.1. The van der Waals surface area contributed by atoms with Crippen LogP contribution in [0.15, 0.2) is 21.7 Å². The minimum Gasteiger partial charge on any atom is -0.360 e. The van der Waals surface area contributed by atoms with E-state index in [9.17, 15) is 8.42 Å². The normalized spacial score (nSPS) is 11.2. The molecule has 0 atom stereocenters. The molecule has 0 bridgehead atoms. The summed E-state index contributed by atoms with van der Waals surface area (Å²) in [6, 6.07) is 3.37. The van der Waals surface area contributed by atoms with Crippen LogP contribution in [0, 0.1) is 25.2 Å². The molecule has 9 heteroatoms. The predicted octanol–water partition coefficient (Wildman–Crippen LogP) is 0.812. The average molecular weight is 281 g/mol. The Labute approximate surface area is 109 Å². The van der Waals surface area contributed by atoms with Crippen LogP contribution in [0.1, 0.15) is 11.5 Å². The smallest absolute Gasteiger partial charge is 0.268 e. The van der Waals surface area contributed by atoms with Crippen molar-refractivity contribution in [2.24, 2.45) is 0 Å². The van der Waals surface area contributed by atoms with Gasteiger partial charge in [-0.25, -0.2) is 8.42 Å². The van der Waals surface area contributed by atoms with Gasteiger partial charge in [-0.05, 0) is 13.8 Å². The molecule has 100 valence electrons. The fraction of sp³-hybridized carbons (Fsp3) is 0.300. The van der Waals surface area contributed by atoms with Gasteiger partial charge in [-0.2, -0.15) is 10.4 Å². The third-order valence-electron chi connectivity index (χ3n) is 2.35. The van der Waals surface area contributed by atoms with Crippen molar-refractivity contribution >= 4 is 15.8 Å². The first kappa shape index (κ1) is 13.1. The lowest BCUT2D eigenvalue weighted by molar-refractivity contribution is 0.390. The van der Waals surface area contributed by atoms with Crippen LogP contribution < -0.4 is 4.72 Å². The van der Waals surface area contributed by atoms with Crippen molar-refractivity contribution in [1.82, 2.24) is 14.9 Å². The maximum atomic E-state index is 12.1. The van der Waals surface area contributed by atoms with Crippen LogP contribution in [-0.4, -0.2) is 23.4 Å². The highest BCUT2D eigenvalue weighted by molar-refractivity contribution is 7.92. The second-order valence-corrected chi connectivity index (χ2v) is 5.43. The lowest BCUT2D eigenvalue weighted by atomic mass is 10.4. The number of nitriles is 1. The Morgan fingerprint density at radius 2 is 2.26 bits per heavy atom. The molecule has 19 heavy (non-hydrogen) atoms. The molecule has 0 saturated heterocycles. The van der Waals surface area contributed by atoms with Crippen molar-refractivity contribution in [3.05, 3.63) is 23.7 Å². The van der Waals surface area contributed by atoms with E-state index in [4.69, 9.17) is 9.78 Å². The standard InChI is InChI=1S/C10H11N5O3S/c1-7-10(8(2)18-13-7)19(16,17)14-9-3-5-15(12-9)6-4-11/h3,5H,6H2,1-2H3,(H,12,14). The van der Waals surface area contributed by atoms with Gasteiger partial charge in [0.25, 0.3) is 10.0 Å². The average Bonchev–Trinajstić information content (AvgIpc) is 2.86. The van der Waals surface area contributed by atoms with E-state index in [1.54, 1.807) is 6.92 Å². The summed E-state index contributed by atoms with van der Waals surface area (Å²) in [5.41, 5.74) is 0.279. The predicted molar refractivity (Wildman–Crippen MR) is 64.6 cm³/mol. The Hall–Kier alpha value is -2.34. The summed E-state index contributed by atoms with van der Waals surface area (Å²) < 4.78 is 32.8. The molecule has 8 nitrogen and oxygen atoms in total. The van der Waals surface area contributed by atoms with Crippen LogP contribution >= 0.6 is 0 Å². The summed E-state index contributed by atoms with van der Waals surface area (Å²) in [7, 11) is -3.80. The molecule has 0 unspecified atom stereocenters. The maximum Gasteiger partial charge on any atom is 0.268 e. The first-order valence-electron chi connectivity index (χ1n) is 5.30. The zero-order valence-electron chi connectivity index (χ0n) is 10.3. The highest BCUT2D eigenvalue weighted by atomic mass is 32.2. The highest BCUT2D eigenvalue weighted by Crippen LogP contribution is 2.21. The summed E-state index contributed by atoms with van der Waals surface area (Å²) in [5.74, 6) is 0.344. The molecular formula is C10H11N5O3S. The van der Waals surface area contributed by atoms with E-state index < -0.39 is 10.0 Å². The number of aromatic nitrogens is 3. The molecule has 0 fully saturated rings. The Morgan fingerprint density at radius 1 is 1.53 bits per heavy atom. The van der Waals surface area contributed by atoms with Crippen molar-refractivity contribution in [1.29, 1.82) is 5.26 Å². The van der Waals surface area contributed by atoms with Crippen LogP contribution in [0.2, 0.25) is 0 Å². The van der Waals surface area contributed by atoms with Gasteiger partial charge in [-0.15, -0.1) is 0 Å². The minimum absolute atomic E-state index is 0.00216. The number of aryl methyl sites for hydroxylation is 2. The molecule has 0 aliphatic carbocycles. The molecule has 2 aromatic heterocycles. The van der Waals surface area contributed by atoms with Crippen molar-refractivity contribution in [2.45, 2.75) is 25.3 Å². The molecule has 0 aromatic carbocycles. The van der Waals surface area contributed by atoms with Gasteiger partial charge >= 0.3 is 0 Å². The van der Waals surface area contributed by atoms with E-state index in [2.05, 4.69) is 15.0 Å². The van der Waals surface area contributed by atoms with E-state index >= 15 is 0 Å². The molecule has 0 saturated carbocycles. The van der Waals surface area contributed by atoms with E-state index in [0.717, 1.165) is 0 Å². The molecule has 0 spiro atoms. The summed E-state index contributed by atoms with van der Waals surface area (Å²) in [6.45, 7) is 3.11. The van der Waals surface area contributed by atoms with Crippen LogP contribution in [0.4, 0.5) is 5.82 Å². The van der Waals surface area contributed by atoms with Gasteiger partial charge in [0.15, 0.2) is 16.5 Å². The van der Waals surface area contributed by atoms with E-state index in [-0.39, 0.29) is 28.7 Å². The number of nitrogens with one attached hydrogen (secondary N) is 1. The Kier molecular flexibility index (Phi) is 3.26. The molecule has 0 amide bonds. The van der Waals surface area contributed by atoms with Gasteiger partial charge in [0.1, 0.15) is 12.2 Å². The van der Waals surface area contributed by atoms with Crippen LogP contribution in [0.25, 0.3) is 0 Å². The number of hydrogen-bond donors (Lipinski definition) is 1. The summed E-state index contributed by atoms with van der Waals surface area (Å²) in [6.07, 6.45) is 1.51. The third-order valence-corrected chi connectivity index (χ3v) is 3.95. The van der Waals surface area contributed by atoms with Crippen molar-refractivity contribution < 1.29 is 12.9 Å². The lowest BCUT2D eigenvalue weighted by Crippen LogP contribution is -2.15. The Morgan fingerprint density at radius 3 is 2.84 bits per heavy atom. The molecule has 2 rings (SSSR count). The largest absolute Gasteiger partial charge is 0.360 e. The highest BCUT2D eigenvalue weighted by Gasteiger charge is 2.24. The number of sulfonamides is 1. The van der Waals surface area contributed by atoms with E-state index in [1.165, 1.54) is 23.9 Å². The number of anilines is 1. The molecule has 1 N–H and O–H groups in total. The molecule has 2 aromatic rings. The van der Waals surface area contributed by atoms with Gasteiger partial charge in [0.05, 0.1) is 6.07 Å². The number of nitrogens with zero attached hydrogens (tertiary/aromatic N) is 4. The van der Waals surface area contributed by atoms with Gasteiger partial charge in [-0.1, -0.05) is 5.16 Å². The van der Waals surface area contributed by atoms with Crippen LogP contribution in [0.3, 0.4) is 0 Å². The first-order valence-corrected chi connectivity index (χ1v) is 6.78. The van der Waals surface area contributed by atoms with Gasteiger partial charge in [0, 0.05) is 12.3 Å². The second-order valence-electron chi connectivity index (χ2n) is 3.82. The van der Waals surface area contributed by atoms with Crippen molar-refractivity contribution in [2.75, 3.05) is 4.72 Å². The molecule has 2 heterocycles. The molecular weight excluding hydrogens is 270 g/mol. The number of rotatable bonds is 4. The topological polar surface area (TPSA) is 114 Å². The fourth-order valence-corrected chi connectivity index (χ4v) is 2.95. The van der Waals surface area contributed by atoms with Crippen LogP contribution in [-0.2, 0) is 16.6 Å². The van der Waals surface area contributed by atoms with Gasteiger partial charge < -0.3 is 4.52 Å². The molecule has 0 aliphatic rings. The second kappa shape index (κ2) is 4.74. The van der Waals surface area contributed by atoms with Crippen LogP contribution in [0.5, 0.6) is 0 Å². The lowest BCUT2D eigenvalue weighted by Gasteiger charge is -2.04. The molecule has 0 aliphatic heterocycles. The maximum absolute atomic E-state index is 12.1. The summed E-state index contributed by atoms with van der Waals surface area (Å²) in [5, 5.41) is 16.0. The minimum atomic E-state index is -3.80. The summed E-state index contributed by atoms with van der Waals surface area (Å²) >= 11 is 0. The quantitative estimate of drug-likeness (QED) is 0.887. The van der Waals surface area contributed by atoms with E-state index in [1.807, 2.05) is 6.07 Å². The van der Waals surface area contributed by atoms with Crippen molar-refractivity contribution in [3.8, 4) is 6.07 Å². The zero-order chi connectivity index (χ0) is 14.0. The van der Waals surface area contributed by atoms with Crippen molar-refractivity contribution in [3.63, 3.8) is 0 Å². The SMILES string of the molecule is Cc1noc(C)c1S(=O)(=O)Nc1ccn(CC#N)n1. The van der Waals surface area contributed by atoms with Gasteiger partial charge in [-0.3, -0.25) is 9.40 Å². The van der Waals surface area contributed by atoms with Gasteiger partial charge in [0.2, 0.25) is 0 Å². The Bertz CT molecular complexity index is 718. The fourth-order valence-electron chi connectivity index (χ4n) is 1.62. The summed E-state index contributed by atoms with van der Waals surface area (Å²) in [4.78, 5) is 0.00216. The monoisotopic (exact) mass is 281 g/mol. The molecule has 0 radical (unpaired) electrons.